The number of fused-ring (bicyclic) bond motifs is 2. The molecule has 0 aliphatic rings. The number of carboxylic acids is 1. The summed E-state index contributed by atoms with van der Waals surface area (Å²) in [5, 5.41) is 17.4. The van der Waals surface area contributed by atoms with E-state index in [0.29, 0.717) is 22.4 Å². The van der Waals surface area contributed by atoms with E-state index >= 15 is 0 Å². The van der Waals surface area contributed by atoms with Crippen LogP contribution in [-0.4, -0.2) is 16.1 Å². The van der Waals surface area contributed by atoms with Crippen molar-refractivity contribution >= 4 is 27.8 Å². The van der Waals surface area contributed by atoms with E-state index in [2.05, 4.69) is 5.16 Å². The van der Waals surface area contributed by atoms with E-state index in [0.717, 1.165) is 33.2 Å². The summed E-state index contributed by atoms with van der Waals surface area (Å²) in [6.07, 6.45) is 0. The van der Waals surface area contributed by atoms with Crippen LogP contribution in [0.25, 0.3) is 44.4 Å². The predicted molar refractivity (Wildman–Crippen MR) is 114 cm³/mol. The fourth-order valence-corrected chi connectivity index (χ4v) is 3.67. The maximum atomic E-state index is 11.8. The third kappa shape index (κ3) is 3.01. The van der Waals surface area contributed by atoms with Crippen molar-refractivity contribution in [1.29, 1.82) is 0 Å². The molecule has 30 heavy (non-hydrogen) atoms. The highest BCUT2D eigenvalue weighted by molar-refractivity contribution is 6.03. The number of aromatic nitrogens is 2. The Kier molecular flexibility index (Phi) is 4.10. The van der Waals surface area contributed by atoms with E-state index in [1.165, 1.54) is 0 Å². The van der Waals surface area contributed by atoms with Crippen molar-refractivity contribution in [2.75, 3.05) is 0 Å². The second-order valence-corrected chi connectivity index (χ2v) is 7.47. The zero-order valence-electron chi connectivity index (χ0n) is 16.5. The Hall–Kier alpha value is -3.99. The molecule has 0 fully saturated rings. The molecule has 2 aromatic heterocycles. The highest BCUT2D eigenvalue weighted by Gasteiger charge is 2.14. The van der Waals surface area contributed by atoms with Gasteiger partial charge in [-0.3, -0.25) is 0 Å². The van der Waals surface area contributed by atoms with Crippen LogP contribution in [0.1, 0.15) is 21.5 Å². The molecule has 0 radical (unpaired) electrons. The third-order valence-electron chi connectivity index (χ3n) is 5.27. The topological polar surface area (TPSA) is 79.0 Å². The van der Waals surface area contributed by atoms with E-state index in [4.69, 9.17) is 9.51 Å². The number of carbonyl (C=O) groups is 1. The van der Waals surface area contributed by atoms with Gasteiger partial charge >= 0.3 is 0 Å². The van der Waals surface area contributed by atoms with E-state index in [9.17, 15) is 9.90 Å². The van der Waals surface area contributed by atoms with Crippen molar-refractivity contribution in [3.63, 3.8) is 0 Å². The first-order valence-electron chi connectivity index (χ1n) is 9.59. The number of aromatic carboxylic acids is 1. The Morgan fingerprint density at radius 1 is 0.800 bits per heavy atom. The number of benzene rings is 3. The molecule has 0 spiro atoms. The summed E-state index contributed by atoms with van der Waals surface area (Å²) in [5.74, 6) is -0.552. The average Bonchev–Trinajstić information content (AvgIpc) is 3.16. The minimum absolute atomic E-state index is 0.128. The highest BCUT2D eigenvalue weighted by atomic mass is 16.5. The normalized spacial score (nSPS) is 11.3. The molecular weight excluding hydrogens is 376 g/mol. The summed E-state index contributed by atoms with van der Waals surface area (Å²) in [6, 6.07) is 20.8. The molecule has 0 saturated heterocycles. The third-order valence-corrected chi connectivity index (χ3v) is 5.27. The van der Waals surface area contributed by atoms with E-state index in [1.807, 2.05) is 74.5 Å². The first-order chi connectivity index (χ1) is 14.5. The van der Waals surface area contributed by atoms with Gasteiger partial charge in [-0.1, -0.05) is 52.7 Å². The number of carbonyl (C=O) groups excluding carboxylic acids is 1. The zero-order valence-corrected chi connectivity index (χ0v) is 16.5. The molecule has 5 heteroatoms. The molecule has 0 saturated carbocycles. The lowest BCUT2D eigenvalue weighted by molar-refractivity contribution is -0.254. The molecule has 146 valence electrons. The Bertz CT molecular complexity index is 1430. The van der Waals surface area contributed by atoms with E-state index in [1.54, 1.807) is 6.07 Å². The van der Waals surface area contributed by atoms with Crippen LogP contribution in [-0.2, 0) is 0 Å². The van der Waals surface area contributed by atoms with Gasteiger partial charge in [-0.25, -0.2) is 4.98 Å². The minimum Gasteiger partial charge on any atom is -0.545 e. The fourth-order valence-electron chi connectivity index (χ4n) is 3.67. The van der Waals surface area contributed by atoms with E-state index < -0.39 is 5.97 Å². The molecule has 0 aliphatic carbocycles. The first-order valence-corrected chi connectivity index (χ1v) is 9.59. The molecule has 2 heterocycles. The SMILES string of the molecule is Cc1ccc(-c2onc3ccc(-c4cc(C(=O)[O-])c5cc(C)ccc5n4)cc23)cc1. The molecule has 5 aromatic rings. The molecule has 0 atom stereocenters. The molecule has 0 amide bonds. The van der Waals surface area contributed by atoms with Gasteiger partial charge in [0, 0.05) is 22.1 Å². The maximum absolute atomic E-state index is 11.8. The van der Waals surface area contributed by atoms with Gasteiger partial charge in [0.1, 0.15) is 5.52 Å². The van der Waals surface area contributed by atoms with Crippen LogP contribution in [0, 0.1) is 13.8 Å². The number of carboxylic acid groups (broad SMARTS) is 1. The summed E-state index contributed by atoms with van der Waals surface area (Å²) in [7, 11) is 0. The van der Waals surface area contributed by atoms with Gasteiger partial charge in [-0.2, -0.15) is 0 Å². The maximum Gasteiger partial charge on any atom is 0.174 e. The summed E-state index contributed by atoms with van der Waals surface area (Å²) >= 11 is 0. The monoisotopic (exact) mass is 393 g/mol. The molecule has 0 unspecified atom stereocenters. The van der Waals surface area contributed by atoms with Crippen molar-refractivity contribution in [1.82, 2.24) is 10.1 Å². The minimum atomic E-state index is -1.22. The number of nitrogens with zero attached hydrogens (tertiary/aromatic N) is 2. The van der Waals surface area contributed by atoms with Crippen LogP contribution in [0.5, 0.6) is 0 Å². The van der Waals surface area contributed by atoms with Crippen LogP contribution < -0.4 is 5.11 Å². The second kappa shape index (κ2) is 6.81. The Labute approximate surface area is 172 Å². The van der Waals surface area contributed by atoms with Crippen LogP contribution in [0.3, 0.4) is 0 Å². The van der Waals surface area contributed by atoms with Crippen LogP contribution in [0.15, 0.2) is 71.3 Å². The number of hydrogen-bond donors (Lipinski definition) is 0. The summed E-state index contributed by atoms with van der Waals surface area (Å²) < 4.78 is 5.60. The molecule has 0 N–H and O–H groups in total. The van der Waals surface area contributed by atoms with Gasteiger partial charge in [0.15, 0.2) is 5.76 Å². The van der Waals surface area contributed by atoms with Crippen molar-refractivity contribution in [3.05, 3.63) is 83.4 Å². The van der Waals surface area contributed by atoms with E-state index in [-0.39, 0.29) is 5.56 Å². The standard InChI is InChI=1S/C25H18N2O3/c1-14-3-6-16(7-4-14)24-20-12-17(8-10-22(20)27-30-24)23-13-19(25(28)29)18-11-15(2)5-9-21(18)26-23/h3-13H,1-2H3,(H,28,29)/p-1. The first kappa shape index (κ1) is 18.1. The van der Waals surface area contributed by atoms with Crippen molar-refractivity contribution in [2.45, 2.75) is 13.8 Å². The summed E-state index contributed by atoms with van der Waals surface area (Å²) in [6.45, 7) is 3.95. The average molecular weight is 393 g/mol. The molecule has 5 rings (SSSR count). The molecule has 0 aliphatic heterocycles. The van der Waals surface area contributed by atoms with Crippen molar-refractivity contribution in [3.8, 4) is 22.6 Å². The number of pyridine rings is 1. The largest absolute Gasteiger partial charge is 0.545 e. The fraction of sp³-hybridized carbons (Fsp3) is 0.0800. The number of rotatable bonds is 3. The van der Waals surface area contributed by atoms with Crippen molar-refractivity contribution in [2.24, 2.45) is 0 Å². The van der Waals surface area contributed by atoms with Gasteiger partial charge in [0.25, 0.3) is 0 Å². The van der Waals surface area contributed by atoms with Gasteiger partial charge < -0.3 is 14.4 Å². The lowest BCUT2D eigenvalue weighted by Crippen LogP contribution is -2.22. The smallest absolute Gasteiger partial charge is 0.174 e. The lowest BCUT2D eigenvalue weighted by Gasteiger charge is -2.11. The highest BCUT2D eigenvalue weighted by Crippen LogP contribution is 2.33. The predicted octanol–water partition coefficient (Wildman–Crippen LogP) is 4.69. The van der Waals surface area contributed by atoms with Crippen LogP contribution in [0.2, 0.25) is 0 Å². The quantitative estimate of drug-likeness (QED) is 0.444. The molecule has 0 bridgehead atoms. The Morgan fingerprint density at radius 3 is 2.27 bits per heavy atom. The summed E-state index contributed by atoms with van der Waals surface area (Å²) in [5.41, 5.74) is 5.86. The van der Waals surface area contributed by atoms with Gasteiger partial charge in [0.2, 0.25) is 0 Å². The van der Waals surface area contributed by atoms with Crippen molar-refractivity contribution < 1.29 is 14.4 Å². The van der Waals surface area contributed by atoms with Crippen LogP contribution >= 0.6 is 0 Å². The lowest BCUT2D eigenvalue weighted by atomic mass is 10.0. The van der Waals surface area contributed by atoms with Gasteiger partial charge in [-0.15, -0.1) is 0 Å². The zero-order chi connectivity index (χ0) is 20.8. The number of hydrogen-bond acceptors (Lipinski definition) is 5. The molecular formula is C25H17N2O3-. The van der Waals surface area contributed by atoms with Crippen LogP contribution in [0.4, 0.5) is 0 Å². The second-order valence-electron chi connectivity index (χ2n) is 7.47. The summed E-state index contributed by atoms with van der Waals surface area (Å²) in [4.78, 5) is 16.5. The Balaban J connectivity index is 1.70. The Morgan fingerprint density at radius 2 is 1.50 bits per heavy atom. The molecule has 3 aromatic carbocycles. The van der Waals surface area contributed by atoms with Gasteiger partial charge in [-0.05, 0) is 44.2 Å². The molecule has 5 nitrogen and oxygen atoms in total. The number of aryl methyl sites for hydroxylation is 2. The van der Waals surface area contributed by atoms with Gasteiger partial charge in [0.05, 0.1) is 22.6 Å².